The Balaban J connectivity index is 0.000000704. The molecular weight excluding hydrogens is 242 g/mol. The summed E-state index contributed by atoms with van der Waals surface area (Å²) in [6, 6.07) is 17.5. The largest absolute Gasteiger partial charge is 0.336 e. The van der Waals surface area contributed by atoms with Crippen molar-refractivity contribution in [1.29, 1.82) is 0 Å². The highest BCUT2D eigenvalue weighted by atomic mass is 15.2. The van der Waals surface area contributed by atoms with Crippen LogP contribution in [-0.4, -0.2) is 5.54 Å². The van der Waals surface area contributed by atoms with Gasteiger partial charge in [0.1, 0.15) is 0 Å². The molecule has 0 unspecified atom stereocenters. The van der Waals surface area contributed by atoms with Crippen LogP contribution in [-0.2, 0) is 6.42 Å². The van der Waals surface area contributed by atoms with Crippen LogP contribution in [0.2, 0.25) is 0 Å². The van der Waals surface area contributed by atoms with Gasteiger partial charge in [0.05, 0.1) is 0 Å². The summed E-state index contributed by atoms with van der Waals surface area (Å²) in [7, 11) is 0. The number of fused-ring (bicyclic) bond motifs is 2. The van der Waals surface area contributed by atoms with Gasteiger partial charge in [-0.3, -0.25) is 0 Å². The highest BCUT2D eigenvalue weighted by molar-refractivity contribution is 5.75. The Morgan fingerprint density at radius 1 is 0.750 bits per heavy atom. The highest BCUT2D eigenvalue weighted by Gasteiger charge is 2.29. The van der Waals surface area contributed by atoms with Crippen LogP contribution in [0, 0.1) is 0 Å². The fourth-order valence-electron chi connectivity index (χ4n) is 2.81. The van der Waals surface area contributed by atoms with Crippen molar-refractivity contribution in [3.8, 4) is 0 Å². The van der Waals surface area contributed by atoms with Crippen LogP contribution in [0.5, 0.6) is 0 Å². The van der Waals surface area contributed by atoms with Crippen molar-refractivity contribution in [2.75, 3.05) is 4.90 Å². The average Bonchev–Trinajstić information content (AvgIpc) is 2.45. The molecule has 0 saturated carbocycles. The zero-order chi connectivity index (χ0) is 14.8. The van der Waals surface area contributed by atoms with Gasteiger partial charge in [0.15, 0.2) is 0 Å². The Labute approximate surface area is 123 Å². The first-order chi connectivity index (χ1) is 9.57. The van der Waals surface area contributed by atoms with E-state index >= 15 is 0 Å². The molecule has 2 aromatic carbocycles. The van der Waals surface area contributed by atoms with Crippen molar-refractivity contribution >= 4 is 11.4 Å². The zero-order valence-electron chi connectivity index (χ0n) is 13.3. The van der Waals surface area contributed by atoms with Gasteiger partial charge in [-0.2, -0.15) is 0 Å². The summed E-state index contributed by atoms with van der Waals surface area (Å²) in [4.78, 5) is 2.46. The van der Waals surface area contributed by atoms with Gasteiger partial charge in [-0.05, 0) is 44.0 Å². The van der Waals surface area contributed by atoms with Crippen LogP contribution in [0.1, 0.15) is 45.7 Å². The van der Waals surface area contributed by atoms with E-state index in [1.165, 1.54) is 22.5 Å². The van der Waals surface area contributed by atoms with Crippen LogP contribution in [0.25, 0.3) is 0 Å². The first-order valence-corrected chi connectivity index (χ1v) is 7.53. The van der Waals surface area contributed by atoms with Gasteiger partial charge < -0.3 is 4.90 Å². The molecule has 106 valence electrons. The maximum Gasteiger partial charge on any atom is 0.0451 e. The third-order valence-electron chi connectivity index (χ3n) is 3.52. The van der Waals surface area contributed by atoms with Crippen LogP contribution in [0.3, 0.4) is 0 Å². The SMILES string of the molecule is CC.CC(C)(C)N1c2ccccc2Cc2ccccc21. The number of hydrogen-bond acceptors (Lipinski definition) is 1. The number of benzene rings is 2. The summed E-state index contributed by atoms with van der Waals surface area (Å²) in [5.74, 6) is 0. The molecule has 0 atom stereocenters. The quantitative estimate of drug-likeness (QED) is 0.604. The second-order valence-electron chi connectivity index (χ2n) is 5.94. The second-order valence-corrected chi connectivity index (χ2v) is 5.94. The van der Waals surface area contributed by atoms with Crippen molar-refractivity contribution in [3.63, 3.8) is 0 Å². The Bertz CT molecular complexity index is 533. The van der Waals surface area contributed by atoms with E-state index in [-0.39, 0.29) is 5.54 Å². The molecule has 0 radical (unpaired) electrons. The monoisotopic (exact) mass is 267 g/mol. The van der Waals surface area contributed by atoms with E-state index in [1.807, 2.05) is 13.8 Å². The predicted octanol–water partition coefficient (Wildman–Crippen LogP) is 5.55. The van der Waals surface area contributed by atoms with E-state index in [4.69, 9.17) is 0 Å². The molecule has 1 heterocycles. The summed E-state index contributed by atoms with van der Waals surface area (Å²) in [5.41, 5.74) is 5.64. The van der Waals surface area contributed by atoms with Gasteiger partial charge in [-0.25, -0.2) is 0 Å². The molecule has 0 bridgehead atoms. The number of rotatable bonds is 0. The van der Waals surface area contributed by atoms with Crippen molar-refractivity contribution in [3.05, 3.63) is 59.7 Å². The smallest absolute Gasteiger partial charge is 0.0451 e. The lowest BCUT2D eigenvalue weighted by Gasteiger charge is -2.42. The fraction of sp³-hybridized carbons (Fsp3) is 0.368. The Morgan fingerprint density at radius 2 is 1.15 bits per heavy atom. The van der Waals surface area contributed by atoms with Crippen LogP contribution in [0.15, 0.2) is 48.5 Å². The summed E-state index contributed by atoms with van der Waals surface area (Å²) in [5, 5.41) is 0. The Kier molecular flexibility index (Phi) is 4.17. The standard InChI is InChI=1S/C17H19N.C2H6/c1-17(2,3)18-15-10-6-4-8-13(15)12-14-9-5-7-11-16(14)18;1-2/h4-11H,12H2,1-3H3;1-2H3. The van der Waals surface area contributed by atoms with Crippen molar-refractivity contribution in [2.24, 2.45) is 0 Å². The lowest BCUT2D eigenvalue weighted by atomic mass is 9.91. The Morgan fingerprint density at radius 3 is 1.55 bits per heavy atom. The van der Waals surface area contributed by atoms with Crippen LogP contribution in [0.4, 0.5) is 11.4 Å². The fourth-order valence-corrected chi connectivity index (χ4v) is 2.81. The molecule has 3 rings (SSSR count). The summed E-state index contributed by atoms with van der Waals surface area (Å²) >= 11 is 0. The number of hydrogen-bond donors (Lipinski definition) is 0. The molecule has 0 aromatic heterocycles. The minimum atomic E-state index is 0.0899. The molecule has 0 spiro atoms. The van der Waals surface area contributed by atoms with Gasteiger partial charge in [0, 0.05) is 23.3 Å². The lowest BCUT2D eigenvalue weighted by Crippen LogP contribution is -2.40. The minimum absolute atomic E-state index is 0.0899. The molecule has 0 aliphatic carbocycles. The summed E-state index contributed by atoms with van der Waals surface area (Å²) < 4.78 is 0. The molecule has 1 nitrogen and oxygen atoms in total. The number of anilines is 2. The van der Waals surface area contributed by atoms with Crippen LogP contribution >= 0.6 is 0 Å². The highest BCUT2D eigenvalue weighted by Crippen LogP contribution is 2.42. The Hall–Kier alpha value is -1.76. The zero-order valence-corrected chi connectivity index (χ0v) is 13.3. The van der Waals surface area contributed by atoms with E-state index in [0.717, 1.165) is 6.42 Å². The molecule has 1 heteroatoms. The number of nitrogens with zero attached hydrogens (tertiary/aromatic N) is 1. The minimum Gasteiger partial charge on any atom is -0.336 e. The van der Waals surface area contributed by atoms with E-state index < -0.39 is 0 Å². The molecule has 2 aromatic rings. The third kappa shape index (κ3) is 2.58. The van der Waals surface area contributed by atoms with Crippen molar-refractivity contribution in [1.82, 2.24) is 0 Å². The van der Waals surface area contributed by atoms with Gasteiger partial charge >= 0.3 is 0 Å². The van der Waals surface area contributed by atoms with Gasteiger partial charge in [-0.1, -0.05) is 50.2 Å². The first-order valence-electron chi connectivity index (χ1n) is 7.53. The molecule has 1 aliphatic rings. The maximum atomic E-state index is 2.46. The molecule has 1 aliphatic heterocycles. The van der Waals surface area contributed by atoms with Crippen molar-refractivity contribution in [2.45, 2.75) is 46.6 Å². The summed E-state index contributed by atoms with van der Waals surface area (Å²) in [6.45, 7) is 10.8. The molecule has 0 amide bonds. The van der Waals surface area contributed by atoms with E-state index in [2.05, 4.69) is 74.2 Å². The van der Waals surface area contributed by atoms with E-state index in [9.17, 15) is 0 Å². The third-order valence-corrected chi connectivity index (χ3v) is 3.52. The normalized spacial score (nSPS) is 12.9. The average molecular weight is 267 g/mol. The van der Waals surface area contributed by atoms with E-state index in [1.54, 1.807) is 0 Å². The summed E-state index contributed by atoms with van der Waals surface area (Å²) in [6.07, 6.45) is 1.04. The topological polar surface area (TPSA) is 3.24 Å². The van der Waals surface area contributed by atoms with Gasteiger partial charge in [0.25, 0.3) is 0 Å². The first kappa shape index (κ1) is 14.6. The molecule has 20 heavy (non-hydrogen) atoms. The lowest BCUT2D eigenvalue weighted by molar-refractivity contribution is 0.554. The van der Waals surface area contributed by atoms with Gasteiger partial charge in [0.2, 0.25) is 0 Å². The van der Waals surface area contributed by atoms with Crippen LogP contribution < -0.4 is 4.90 Å². The molecular formula is C19H25N. The number of para-hydroxylation sites is 2. The molecule has 0 fully saturated rings. The van der Waals surface area contributed by atoms with Gasteiger partial charge in [-0.15, -0.1) is 0 Å². The van der Waals surface area contributed by atoms with Crippen molar-refractivity contribution < 1.29 is 0 Å². The maximum absolute atomic E-state index is 2.46. The second kappa shape index (κ2) is 5.70. The van der Waals surface area contributed by atoms with E-state index in [0.29, 0.717) is 0 Å². The predicted molar refractivity (Wildman–Crippen MR) is 88.9 cm³/mol. The molecule has 0 saturated heterocycles. The molecule has 0 N–H and O–H groups in total.